The molecule has 0 heterocycles. The van der Waals surface area contributed by atoms with Gasteiger partial charge in [-0.2, -0.15) is 0 Å². The molecular weight excluding hydrogens is 150 g/mol. The fourth-order valence-electron chi connectivity index (χ4n) is 1.98. The summed E-state index contributed by atoms with van der Waals surface area (Å²) < 4.78 is 0. The Kier molecular flexibility index (Phi) is 5.37. The second kappa shape index (κ2) is 6.44. The molecule has 0 aromatic rings. The molecule has 0 aliphatic heterocycles. The highest BCUT2D eigenvalue weighted by atomic mass is 16.2. The number of unbranched alkanes of at least 4 members (excludes halogenated alkanes) is 1. The zero-order chi connectivity index (χ0) is 8.65. The number of nitrogens with two attached hydrogens (primary N) is 1. The maximum absolute atomic E-state index is 8.59. The SMILES string of the molecule is OCCCC[NH2+]C1CCCCC1. The first-order valence-electron chi connectivity index (χ1n) is 5.37. The first-order valence-corrected chi connectivity index (χ1v) is 5.37. The van der Waals surface area contributed by atoms with Crippen molar-refractivity contribution in [1.29, 1.82) is 0 Å². The molecule has 0 unspecified atom stereocenters. The Bertz CT molecular complexity index is 100. The van der Waals surface area contributed by atoms with Crippen molar-refractivity contribution in [2.75, 3.05) is 13.2 Å². The second-order valence-corrected chi connectivity index (χ2v) is 3.85. The smallest absolute Gasteiger partial charge is 0.0859 e. The molecule has 12 heavy (non-hydrogen) atoms. The van der Waals surface area contributed by atoms with Crippen LogP contribution in [0.15, 0.2) is 0 Å². The van der Waals surface area contributed by atoms with Gasteiger partial charge in [0.2, 0.25) is 0 Å². The standard InChI is InChI=1S/C10H21NO/c12-9-5-4-8-11-10-6-2-1-3-7-10/h10-12H,1-9H2/p+1. The van der Waals surface area contributed by atoms with Gasteiger partial charge in [-0.15, -0.1) is 0 Å². The molecule has 1 aliphatic rings. The molecule has 0 amide bonds. The third-order valence-electron chi connectivity index (χ3n) is 2.76. The summed E-state index contributed by atoms with van der Waals surface area (Å²) in [5.41, 5.74) is 0. The largest absolute Gasteiger partial charge is 0.396 e. The van der Waals surface area contributed by atoms with Gasteiger partial charge in [0.1, 0.15) is 0 Å². The van der Waals surface area contributed by atoms with Gasteiger partial charge in [-0.25, -0.2) is 0 Å². The highest BCUT2D eigenvalue weighted by Crippen LogP contribution is 2.14. The average Bonchev–Trinajstić information content (AvgIpc) is 2.14. The van der Waals surface area contributed by atoms with E-state index in [-0.39, 0.29) is 0 Å². The summed E-state index contributed by atoms with van der Waals surface area (Å²) in [4.78, 5) is 0. The quantitative estimate of drug-likeness (QED) is 0.587. The minimum atomic E-state index is 0.360. The topological polar surface area (TPSA) is 36.8 Å². The summed E-state index contributed by atoms with van der Waals surface area (Å²) in [6.45, 7) is 1.57. The van der Waals surface area contributed by atoms with Gasteiger partial charge in [0.15, 0.2) is 0 Å². The van der Waals surface area contributed by atoms with E-state index >= 15 is 0 Å². The Morgan fingerprint density at radius 3 is 2.50 bits per heavy atom. The van der Waals surface area contributed by atoms with Crippen LogP contribution in [0.5, 0.6) is 0 Å². The van der Waals surface area contributed by atoms with E-state index in [0.717, 1.165) is 12.5 Å². The van der Waals surface area contributed by atoms with Gasteiger partial charge in [-0.3, -0.25) is 0 Å². The normalized spacial score (nSPS) is 19.8. The minimum absolute atomic E-state index is 0.360. The Hall–Kier alpha value is -0.0800. The number of rotatable bonds is 5. The maximum atomic E-state index is 8.59. The van der Waals surface area contributed by atoms with Gasteiger partial charge < -0.3 is 10.4 Å². The van der Waals surface area contributed by atoms with Gasteiger partial charge in [-0.05, 0) is 38.5 Å². The van der Waals surface area contributed by atoms with Crippen LogP contribution < -0.4 is 5.32 Å². The molecule has 0 aromatic carbocycles. The number of aliphatic hydroxyl groups excluding tert-OH is 1. The summed E-state index contributed by atoms with van der Waals surface area (Å²) in [5, 5.41) is 11.1. The summed E-state index contributed by atoms with van der Waals surface area (Å²) >= 11 is 0. The van der Waals surface area contributed by atoms with Crippen molar-refractivity contribution in [2.45, 2.75) is 51.0 Å². The van der Waals surface area contributed by atoms with E-state index in [0.29, 0.717) is 6.61 Å². The molecule has 3 N–H and O–H groups in total. The summed E-state index contributed by atoms with van der Waals surface area (Å²) in [6.07, 6.45) is 9.29. The lowest BCUT2D eigenvalue weighted by molar-refractivity contribution is -0.692. The Balaban J connectivity index is 1.91. The molecule has 2 nitrogen and oxygen atoms in total. The van der Waals surface area contributed by atoms with Crippen molar-refractivity contribution in [3.05, 3.63) is 0 Å². The number of aliphatic hydroxyl groups is 1. The van der Waals surface area contributed by atoms with Crippen LogP contribution in [0.25, 0.3) is 0 Å². The zero-order valence-electron chi connectivity index (χ0n) is 7.97. The summed E-state index contributed by atoms with van der Waals surface area (Å²) in [6, 6.07) is 0.900. The Morgan fingerprint density at radius 2 is 1.83 bits per heavy atom. The van der Waals surface area contributed by atoms with Crippen LogP contribution in [0.4, 0.5) is 0 Å². The molecular formula is C10H22NO+. The van der Waals surface area contributed by atoms with Crippen molar-refractivity contribution in [2.24, 2.45) is 0 Å². The van der Waals surface area contributed by atoms with Crippen molar-refractivity contribution < 1.29 is 10.4 Å². The van der Waals surface area contributed by atoms with Crippen molar-refractivity contribution in [3.63, 3.8) is 0 Å². The van der Waals surface area contributed by atoms with Crippen molar-refractivity contribution in [1.82, 2.24) is 0 Å². The molecule has 1 rings (SSSR count). The van der Waals surface area contributed by atoms with Gasteiger partial charge in [-0.1, -0.05) is 6.42 Å². The molecule has 0 saturated heterocycles. The first kappa shape index (κ1) is 10.0. The van der Waals surface area contributed by atoms with Gasteiger partial charge >= 0.3 is 0 Å². The number of hydrogen-bond acceptors (Lipinski definition) is 1. The minimum Gasteiger partial charge on any atom is -0.396 e. The van der Waals surface area contributed by atoms with E-state index in [9.17, 15) is 0 Å². The van der Waals surface area contributed by atoms with Crippen LogP contribution >= 0.6 is 0 Å². The average molecular weight is 172 g/mol. The van der Waals surface area contributed by atoms with E-state index in [4.69, 9.17) is 5.11 Å². The lowest BCUT2D eigenvalue weighted by atomic mass is 9.95. The summed E-state index contributed by atoms with van der Waals surface area (Å²) in [5.74, 6) is 0. The molecule has 0 aromatic heterocycles. The van der Waals surface area contributed by atoms with E-state index < -0.39 is 0 Å². The van der Waals surface area contributed by atoms with E-state index in [2.05, 4.69) is 5.32 Å². The second-order valence-electron chi connectivity index (χ2n) is 3.85. The predicted octanol–water partition coefficient (Wildman–Crippen LogP) is 0.655. The van der Waals surface area contributed by atoms with Crippen LogP contribution in [0.2, 0.25) is 0 Å². The van der Waals surface area contributed by atoms with Crippen molar-refractivity contribution >= 4 is 0 Å². The molecule has 2 heteroatoms. The molecule has 1 aliphatic carbocycles. The van der Waals surface area contributed by atoms with Crippen molar-refractivity contribution in [3.8, 4) is 0 Å². The van der Waals surface area contributed by atoms with E-state index in [1.807, 2.05) is 0 Å². The van der Waals surface area contributed by atoms with Crippen LogP contribution in [-0.4, -0.2) is 24.3 Å². The number of hydrogen-bond donors (Lipinski definition) is 2. The summed E-state index contributed by atoms with van der Waals surface area (Å²) in [7, 11) is 0. The molecule has 0 spiro atoms. The molecule has 0 atom stereocenters. The molecule has 0 radical (unpaired) electrons. The third kappa shape index (κ3) is 4.07. The molecule has 1 saturated carbocycles. The molecule has 72 valence electrons. The monoisotopic (exact) mass is 172 g/mol. The maximum Gasteiger partial charge on any atom is 0.0859 e. The number of quaternary nitrogens is 1. The highest BCUT2D eigenvalue weighted by Gasteiger charge is 2.14. The van der Waals surface area contributed by atoms with Gasteiger partial charge in [0, 0.05) is 6.61 Å². The van der Waals surface area contributed by atoms with Crippen LogP contribution in [0, 0.1) is 0 Å². The van der Waals surface area contributed by atoms with Crippen LogP contribution in [-0.2, 0) is 0 Å². The fourth-order valence-corrected chi connectivity index (χ4v) is 1.98. The predicted molar refractivity (Wildman–Crippen MR) is 50.0 cm³/mol. The Morgan fingerprint density at radius 1 is 1.08 bits per heavy atom. The Labute approximate surface area is 75.4 Å². The van der Waals surface area contributed by atoms with Crippen LogP contribution in [0.1, 0.15) is 44.9 Å². The third-order valence-corrected chi connectivity index (χ3v) is 2.76. The first-order chi connectivity index (χ1) is 5.93. The van der Waals surface area contributed by atoms with Gasteiger partial charge in [0.25, 0.3) is 0 Å². The van der Waals surface area contributed by atoms with E-state index in [1.54, 1.807) is 0 Å². The lowest BCUT2D eigenvalue weighted by Gasteiger charge is -2.19. The molecule has 0 bridgehead atoms. The highest BCUT2D eigenvalue weighted by molar-refractivity contribution is 4.61. The fraction of sp³-hybridized carbons (Fsp3) is 1.00. The van der Waals surface area contributed by atoms with Crippen LogP contribution in [0.3, 0.4) is 0 Å². The van der Waals surface area contributed by atoms with E-state index in [1.165, 1.54) is 45.1 Å². The lowest BCUT2D eigenvalue weighted by Crippen LogP contribution is -2.90. The molecule has 1 fully saturated rings. The zero-order valence-corrected chi connectivity index (χ0v) is 7.97. The van der Waals surface area contributed by atoms with Gasteiger partial charge in [0.05, 0.1) is 12.6 Å².